The molecule has 2 saturated carbocycles. The van der Waals surface area contributed by atoms with Crippen LogP contribution in [0.25, 0.3) is 0 Å². The Bertz CT molecular complexity index is 3810. The molecular weight excluding hydrogens is 1280 g/mol. The fraction of sp³-hybridized carbons (Fsp3) is 0.400. The molecule has 16 heteroatoms. The van der Waals surface area contributed by atoms with E-state index < -0.39 is 23.0 Å². The highest BCUT2D eigenvalue weighted by atomic mass is 32.2. The summed E-state index contributed by atoms with van der Waals surface area (Å²) in [7, 11) is 0. The van der Waals surface area contributed by atoms with Gasteiger partial charge >= 0.3 is 0 Å². The molecule has 12 N–H and O–H groups in total. The highest BCUT2D eigenvalue weighted by Gasteiger charge is 2.26. The molecule has 2 aliphatic carbocycles. The number of benzene rings is 8. The summed E-state index contributed by atoms with van der Waals surface area (Å²) in [5.41, 5.74) is 15.0. The molecular formula is C80H100O12S4. The van der Waals surface area contributed by atoms with E-state index in [9.17, 15) is 61.3 Å². The lowest BCUT2D eigenvalue weighted by Crippen LogP contribution is -2.07. The van der Waals surface area contributed by atoms with E-state index in [-0.39, 0.29) is 33.1 Å². The smallest absolute Gasteiger partial charge is 0.161 e. The second-order valence-corrected chi connectivity index (χ2v) is 31.4. The van der Waals surface area contributed by atoms with Gasteiger partial charge in [-0.25, -0.2) is 0 Å². The maximum absolute atomic E-state index is 10.5. The minimum Gasteiger partial charge on any atom is -0.508 e. The van der Waals surface area contributed by atoms with Crippen LogP contribution >= 0.6 is 47.0 Å². The first kappa shape index (κ1) is 76.1. The Kier molecular flexibility index (Phi) is 26.4. The number of hydrogen-bond donors (Lipinski definition) is 12. The zero-order chi connectivity index (χ0) is 70.9. The Labute approximate surface area is 586 Å². The van der Waals surface area contributed by atoms with Gasteiger partial charge in [-0.1, -0.05) is 141 Å². The molecule has 2 fully saturated rings. The summed E-state index contributed by atoms with van der Waals surface area (Å²) in [5, 5.41) is 118. The van der Waals surface area contributed by atoms with Gasteiger partial charge in [-0.2, -0.15) is 0 Å². The molecule has 0 amide bonds. The molecule has 96 heavy (non-hydrogen) atoms. The Balaban J connectivity index is 0.000000183. The van der Waals surface area contributed by atoms with Crippen molar-refractivity contribution in [3.63, 3.8) is 0 Å². The van der Waals surface area contributed by atoms with Gasteiger partial charge in [0.25, 0.3) is 0 Å². The molecule has 516 valence electrons. The van der Waals surface area contributed by atoms with Crippen LogP contribution in [0.3, 0.4) is 0 Å². The van der Waals surface area contributed by atoms with Crippen molar-refractivity contribution in [1.29, 1.82) is 0 Å². The average molecular weight is 1380 g/mol. The van der Waals surface area contributed by atoms with E-state index in [0.717, 1.165) is 103 Å². The van der Waals surface area contributed by atoms with Crippen LogP contribution in [-0.2, 0) is 0 Å². The summed E-state index contributed by atoms with van der Waals surface area (Å²) in [6.07, 6.45) is 12.7. The van der Waals surface area contributed by atoms with Gasteiger partial charge in [0.05, 0.1) is 9.79 Å². The lowest BCUT2D eigenvalue weighted by Gasteiger charge is -2.27. The van der Waals surface area contributed by atoms with Gasteiger partial charge in [0.1, 0.15) is 46.0 Å². The van der Waals surface area contributed by atoms with Crippen molar-refractivity contribution in [3.05, 3.63) is 163 Å². The maximum atomic E-state index is 10.5. The van der Waals surface area contributed by atoms with Crippen molar-refractivity contribution in [1.82, 2.24) is 0 Å². The molecule has 0 aromatic heterocycles. The van der Waals surface area contributed by atoms with E-state index in [1.807, 2.05) is 104 Å². The maximum Gasteiger partial charge on any atom is 0.161 e. The number of aryl methyl sites for hydroxylation is 4. The predicted octanol–water partition coefficient (Wildman–Crippen LogP) is 22.9. The molecule has 0 aliphatic heterocycles. The summed E-state index contributed by atoms with van der Waals surface area (Å²) in [6.45, 7) is 33.1. The molecule has 0 radical (unpaired) electrons. The van der Waals surface area contributed by atoms with Crippen LogP contribution in [0.2, 0.25) is 0 Å². The van der Waals surface area contributed by atoms with Gasteiger partial charge in [-0.05, 0) is 255 Å². The monoisotopic (exact) mass is 1380 g/mol. The van der Waals surface area contributed by atoms with Crippen LogP contribution in [0.4, 0.5) is 0 Å². The summed E-state index contributed by atoms with van der Waals surface area (Å²) in [6, 6.07) is 24.3. The van der Waals surface area contributed by atoms with Crippen LogP contribution in [-0.4, -0.2) is 61.3 Å². The van der Waals surface area contributed by atoms with Gasteiger partial charge in [0.15, 0.2) is 23.0 Å². The van der Waals surface area contributed by atoms with E-state index >= 15 is 0 Å². The Morgan fingerprint density at radius 1 is 0.250 bits per heavy atom. The summed E-state index contributed by atoms with van der Waals surface area (Å²) in [4.78, 5) is 7.64. The van der Waals surface area contributed by atoms with Crippen LogP contribution in [0, 0.1) is 55.4 Å². The Hall–Kier alpha value is -7.24. The van der Waals surface area contributed by atoms with Crippen molar-refractivity contribution in [2.75, 3.05) is 0 Å². The number of hydrogen-bond acceptors (Lipinski definition) is 16. The molecule has 0 bridgehead atoms. The topological polar surface area (TPSA) is 243 Å². The van der Waals surface area contributed by atoms with Crippen molar-refractivity contribution in [2.24, 2.45) is 0 Å². The lowest BCUT2D eigenvalue weighted by atomic mass is 9.83. The number of phenols is 12. The predicted molar refractivity (Wildman–Crippen MR) is 394 cm³/mol. The van der Waals surface area contributed by atoms with E-state index in [4.69, 9.17) is 0 Å². The fourth-order valence-electron chi connectivity index (χ4n) is 12.3. The van der Waals surface area contributed by atoms with Gasteiger partial charge in [-0.3, -0.25) is 0 Å². The normalized spacial score (nSPS) is 13.5. The molecule has 0 atom stereocenters. The van der Waals surface area contributed by atoms with Crippen LogP contribution in [0.1, 0.15) is 233 Å². The van der Waals surface area contributed by atoms with E-state index in [1.165, 1.54) is 105 Å². The highest BCUT2D eigenvalue weighted by Crippen LogP contribution is 2.51. The van der Waals surface area contributed by atoms with Gasteiger partial charge in [-0.15, -0.1) is 0 Å². The fourth-order valence-corrected chi connectivity index (χ4v) is 17.3. The van der Waals surface area contributed by atoms with E-state index in [2.05, 4.69) is 79.7 Å². The average Bonchev–Trinajstić information content (AvgIpc) is 0.812. The molecule has 12 nitrogen and oxygen atoms in total. The molecule has 2 aliphatic rings. The van der Waals surface area contributed by atoms with Crippen LogP contribution < -0.4 is 0 Å². The first-order valence-corrected chi connectivity index (χ1v) is 36.6. The molecule has 0 saturated heterocycles. The number of rotatable bonds is 14. The second kappa shape index (κ2) is 33.3. The first-order chi connectivity index (χ1) is 45.2. The van der Waals surface area contributed by atoms with Crippen molar-refractivity contribution >= 4 is 47.0 Å². The minimum atomic E-state index is -0.473. The molecule has 10 rings (SSSR count). The van der Waals surface area contributed by atoms with E-state index in [1.54, 1.807) is 23.5 Å². The number of phenolic OH excluding ortho intramolecular Hbond substituents is 12. The first-order valence-electron chi connectivity index (χ1n) is 33.4. The molecule has 8 aromatic carbocycles. The summed E-state index contributed by atoms with van der Waals surface area (Å²) < 4.78 is 0. The molecule has 0 heterocycles. The standard InChI is InChI=1S/C26H34O2S.C24H34O2S.C18H22O2S.C12H10O6S/c1-17-13-25(21(15-23(17)27)19-9-5-3-6-10-19)29-26-14-18(2)24(28)16-22(26)20-11-7-4-8-12-20;1-13(2)17-11-23(19(15(5)6)9-21(17)25)27-24-12-18(14(3)4)22(26)10-20(24)16(7)8;1-9-7-15(19)11(3)13(5)17(9)21-18-10(2)8-16(20)12(4)14(18)6;13-5-1-9(17)11(3-7(5)15)19-12-4-8(16)6(14)2-10(12)18/h13-16,19-20,27-28H,3-12H2,1-2H3;9-16,25-26H,1-8H3;7-8,19-20H,1-6H3;1-4,13-18H. The third-order valence-corrected chi connectivity index (χ3v) is 23.6. The van der Waals surface area contributed by atoms with Crippen molar-refractivity contribution in [2.45, 2.75) is 250 Å². The SMILES string of the molecule is CC(C)c1cc(Sc2cc(C(C)C)c(O)cc2C(C)C)c(C(C)C)cc1O.Cc1cc(O)c(C)c(C)c1Sc1c(C)cc(O)c(C)c1C.Cc1cc(Sc2cc(C)c(O)cc2C2CCCCC2)c(C2CCCCC2)cc1O.Oc1cc(O)c(Sc2cc(O)c(O)cc2O)cc1O. The Morgan fingerprint density at radius 2 is 0.562 bits per heavy atom. The minimum absolute atomic E-state index is 0.163. The quantitative estimate of drug-likeness (QED) is 0.0358. The summed E-state index contributed by atoms with van der Waals surface area (Å²) >= 11 is 6.17. The molecule has 8 aromatic rings. The lowest BCUT2D eigenvalue weighted by molar-refractivity contribution is 0.391. The molecule has 0 spiro atoms. The van der Waals surface area contributed by atoms with Crippen LogP contribution in [0.5, 0.6) is 69.0 Å². The summed E-state index contributed by atoms with van der Waals surface area (Å²) in [5.74, 6) is 2.19. The van der Waals surface area contributed by atoms with Crippen LogP contribution in [0.15, 0.2) is 124 Å². The highest BCUT2D eigenvalue weighted by molar-refractivity contribution is 8.00. The molecule has 0 unspecified atom stereocenters. The zero-order valence-corrected chi connectivity index (χ0v) is 61.9. The van der Waals surface area contributed by atoms with E-state index in [0.29, 0.717) is 58.2 Å². The third kappa shape index (κ3) is 18.7. The van der Waals surface area contributed by atoms with Gasteiger partial charge in [0, 0.05) is 53.6 Å². The third-order valence-electron chi connectivity index (χ3n) is 18.5. The van der Waals surface area contributed by atoms with Crippen molar-refractivity contribution < 1.29 is 61.3 Å². The van der Waals surface area contributed by atoms with Gasteiger partial charge in [0.2, 0.25) is 0 Å². The van der Waals surface area contributed by atoms with Crippen molar-refractivity contribution in [3.8, 4) is 69.0 Å². The number of aromatic hydroxyl groups is 12. The van der Waals surface area contributed by atoms with Gasteiger partial charge < -0.3 is 61.3 Å². The zero-order valence-electron chi connectivity index (χ0n) is 58.6. The second-order valence-electron chi connectivity index (χ2n) is 27.1. The largest absolute Gasteiger partial charge is 0.508 e. The Morgan fingerprint density at radius 3 is 0.896 bits per heavy atom.